The zero-order chi connectivity index (χ0) is 29.8. The standard InChI is InChI=1S/C29H37F4N5O4/c30-23-3-1-2-19-20(8-24(39)36-25(19)23)27(40)35-18-4-5-37(12-18)26-21(6-15(9-34)7-22(26)29(31,32)33)28(41)38-10-16-13-42-14-17(16)11-38/h8,15-19,21-23,25-26H,1-7,10-14H2,(H,35,40)(H,36,39)/t15?,16-,17+,18-,19?,21?,22?,23?,25?,26?/m1/s1. The quantitative estimate of drug-likeness (QED) is 0.481. The van der Waals surface area contributed by atoms with Gasteiger partial charge >= 0.3 is 6.18 Å². The minimum absolute atomic E-state index is 0.0674. The third-order valence-corrected chi connectivity index (χ3v) is 10.4. The zero-order valence-corrected chi connectivity index (χ0v) is 23.3. The fourth-order valence-electron chi connectivity index (χ4n) is 8.38. The fourth-order valence-corrected chi connectivity index (χ4v) is 8.38. The number of hydrogen-bond acceptors (Lipinski definition) is 6. The molecule has 4 aliphatic heterocycles. The Morgan fingerprint density at radius 3 is 2.52 bits per heavy atom. The van der Waals surface area contributed by atoms with Gasteiger partial charge < -0.3 is 20.3 Å². The van der Waals surface area contributed by atoms with Gasteiger partial charge in [-0.05, 0) is 38.5 Å². The number of carbonyl (C=O) groups is 3. The Bertz CT molecular complexity index is 1160. The van der Waals surface area contributed by atoms with E-state index in [1.807, 2.05) is 6.07 Å². The molecule has 6 rings (SSSR count). The van der Waals surface area contributed by atoms with E-state index in [0.717, 1.165) is 0 Å². The van der Waals surface area contributed by atoms with Crippen molar-refractivity contribution in [2.45, 2.75) is 69.0 Å². The minimum atomic E-state index is -4.60. The predicted octanol–water partition coefficient (Wildman–Crippen LogP) is 1.94. The van der Waals surface area contributed by atoms with Crippen molar-refractivity contribution in [2.75, 3.05) is 39.4 Å². The number of hydrogen-bond donors (Lipinski definition) is 2. The van der Waals surface area contributed by atoms with E-state index in [1.165, 1.54) is 6.08 Å². The molecule has 2 N–H and O–H groups in total. The molecule has 0 spiro atoms. The highest BCUT2D eigenvalue weighted by molar-refractivity contribution is 6.03. The minimum Gasteiger partial charge on any atom is -0.381 e. The number of amides is 3. The van der Waals surface area contributed by atoms with Crippen LogP contribution in [0.2, 0.25) is 0 Å². The summed E-state index contributed by atoms with van der Waals surface area (Å²) in [5.74, 6) is -5.17. The lowest BCUT2D eigenvalue weighted by atomic mass is 9.70. The van der Waals surface area contributed by atoms with Gasteiger partial charge in [-0.2, -0.15) is 18.4 Å². The van der Waals surface area contributed by atoms with Crippen molar-refractivity contribution in [3.63, 3.8) is 0 Å². The molecule has 5 fully saturated rings. The molecule has 2 saturated carbocycles. The molecule has 0 radical (unpaired) electrons. The molecule has 42 heavy (non-hydrogen) atoms. The zero-order valence-electron chi connectivity index (χ0n) is 23.3. The maximum Gasteiger partial charge on any atom is 0.393 e. The maximum absolute atomic E-state index is 14.5. The summed E-state index contributed by atoms with van der Waals surface area (Å²) in [4.78, 5) is 42.7. The number of nitrogens with one attached hydrogen (secondary N) is 2. The molecule has 3 amide bonds. The number of carbonyl (C=O) groups excluding carboxylic acids is 3. The highest BCUT2D eigenvalue weighted by atomic mass is 19.4. The summed E-state index contributed by atoms with van der Waals surface area (Å²) in [6.45, 7) is 2.33. The summed E-state index contributed by atoms with van der Waals surface area (Å²) in [5, 5.41) is 15.1. The fraction of sp³-hybridized carbons (Fsp3) is 0.793. The van der Waals surface area contributed by atoms with Crippen LogP contribution in [0.3, 0.4) is 0 Å². The van der Waals surface area contributed by atoms with Crippen molar-refractivity contribution in [1.82, 2.24) is 20.4 Å². The van der Waals surface area contributed by atoms with Gasteiger partial charge in [-0.3, -0.25) is 19.3 Å². The second kappa shape index (κ2) is 11.4. The van der Waals surface area contributed by atoms with Gasteiger partial charge in [0.05, 0.1) is 37.2 Å². The van der Waals surface area contributed by atoms with E-state index < -0.39 is 66.0 Å². The van der Waals surface area contributed by atoms with E-state index in [-0.39, 0.29) is 49.2 Å². The molecule has 4 heterocycles. The average Bonchev–Trinajstić information content (AvgIpc) is 3.69. The van der Waals surface area contributed by atoms with Crippen LogP contribution in [-0.4, -0.2) is 97.4 Å². The van der Waals surface area contributed by atoms with Gasteiger partial charge in [-0.25, -0.2) is 4.39 Å². The molecule has 10 atom stereocenters. The van der Waals surface area contributed by atoms with Crippen LogP contribution in [0.5, 0.6) is 0 Å². The van der Waals surface area contributed by atoms with Crippen molar-refractivity contribution in [2.24, 2.45) is 35.5 Å². The Labute approximate surface area is 242 Å². The summed E-state index contributed by atoms with van der Waals surface area (Å²) in [6.07, 6.45) is -3.10. The molecule has 230 valence electrons. The molecule has 13 heteroatoms. The van der Waals surface area contributed by atoms with Gasteiger partial charge in [0.2, 0.25) is 17.7 Å². The Hall–Kier alpha value is -2.72. The molecule has 6 aliphatic rings. The summed E-state index contributed by atoms with van der Waals surface area (Å²) in [7, 11) is 0. The van der Waals surface area contributed by atoms with Gasteiger partial charge in [0, 0.05) is 73.6 Å². The lowest BCUT2D eigenvalue weighted by molar-refractivity contribution is -0.209. The summed E-state index contributed by atoms with van der Waals surface area (Å²) in [6, 6.07) is -0.395. The van der Waals surface area contributed by atoms with Gasteiger partial charge in [-0.15, -0.1) is 0 Å². The Morgan fingerprint density at radius 2 is 1.83 bits per heavy atom. The molecule has 0 aromatic heterocycles. The van der Waals surface area contributed by atoms with Crippen molar-refractivity contribution < 1.29 is 36.7 Å². The topological polar surface area (TPSA) is 115 Å². The third-order valence-electron chi connectivity index (χ3n) is 10.4. The molecule has 0 bridgehead atoms. The number of nitriles is 1. The van der Waals surface area contributed by atoms with Crippen LogP contribution >= 0.6 is 0 Å². The number of rotatable bonds is 4. The van der Waals surface area contributed by atoms with Crippen LogP contribution < -0.4 is 10.6 Å². The van der Waals surface area contributed by atoms with Gasteiger partial charge in [0.15, 0.2) is 0 Å². The van der Waals surface area contributed by atoms with Crippen LogP contribution in [0.15, 0.2) is 11.6 Å². The normalized spacial score (nSPS) is 40.5. The highest BCUT2D eigenvalue weighted by Gasteiger charge is 2.57. The lowest BCUT2D eigenvalue weighted by Crippen LogP contribution is -2.58. The predicted molar refractivity (Wildman–Crippen MR) is 140 cm³/mol. The number of likely N-dealkylation sites (tertiary alicyclic amines) is 2. The Morgan fingerprint density at radius 1 is 1.10 bits per heavy atom. The van der Waals surface area contributed by atoms with Crippen molar-refractivity contribution in [3.05, 3.63) is 11.6 Å². The van der Waals surface area contributed by atoms with E-state index in [1.54, 1.807) is 9.80 Å². The second-order valence-corrected chi connectivity index (χ2v) is 13.0. The number of alkyl halides is 4. The van der Waals surface area contributed by atoms with E-state index >= 15 is 0 Å². The first kappa shape index (κ1) is 29.4. The Balaban J connectivity index is 1.19. The van der Waals surface area contributed by atoms with Gasteiger partial charge in [0.25, 0.3) is 0 Å². The van der Waals surface area contributed by atoms with E-state index in [2.05, 4.69) is 10.6 Å². The van der Waals surface area contributed by atoms with Crippen molar-refractivity contribution in [3.8, 4) is 6.07 Å². The SMILES string of the molecule is N#CC1CC(C(=O)N2C[C@H]3COC[C@H]3C2)C(N2CC[C@@H](NC(=O)C3=CC(=O)NC4C(F)CCCC34)C2)C(C(F)(F)F)C1. The molecule has 0 aromatic carbocycles. The summed E-state index contributed by atoms with van der Waals surface area (Å²) in [5.41, 5.74) is 0.212. The monoisotopic (exact) mass is 595 g/mol. The Kier molecular flexibility index (Phi) is 7.98. The number of halogens is 4. The van der Waals surface area contributed by atoms with E-state index in [9.17, 15) is 37.2 Å². The molecule has 7 unspecified atom stereocenters. The molecular formula is C29H37F4N5O4. The number of ether oxygens (including phenoxy) is 1. The van der Waals surface area contributed by atoms with E-state index in [0.29, 0.717) is 52.0 Å². The maximum atomic E-state index is 14.5. The van der Waals surface area contributed by atoms with Crippen LogP contribution in [0.25, 0.3) is 0 Å². The number of fused-ring (bicyclic) bond motifs is 2. The van der Waals surface area contributed by atoms with Crippen LogP contribution in [0, 0.1) is 46.8 Å². The first-order valence-corrected chi connectivity index (χ1v) is 15.1. The largest absolute Gasteiger partial charge is 0.393 e. The lowest BCUT2D eigenvalue weighted by Gasteiger charge is -2.45. The smallest absolute Gasteiger partial charge is 0.381 e. The van der Waals surface area contributed by atoms with Crippen LogP contribution in [0.1, 0.15) is 38.5 Å². The van der Waals surface area contributed by atoms with Gasteiger partial charge in [-0.1, -0.05) is 0 Å². The summed E-state index contributed by atoms with van der Waals surface area (Å²) >= 11 is 0. The molecule has 9 nitrogen and oxygen atoms in total. The molecule has 2 aliphatic carbocycles. The molecule has 3 saturated heterocycles. The van der Waals surface area contributed by atoms with Crippen molar-refractivity contribution in [1.29, 1.82) is 5.26 Å². The second-order valence-electron chi connectivity index (χ2n) is 13.0. The average molecular weight is 596 g/mol. The van der Waals surface area contributed by atoms with E-state index in [4.69, 9.17) is 4.74 Å². The molecule has 0 aromatic rings. The van der Waals surface area contributed by atoms with Gasteiger partial charge in [0.1, 0.15) is 6.17 Å². The first-order valence-electron chi connectivity index (χ1n) is 15.1. The molecular weight excluding hydrogens is 558 g/mol. The van der Waals surface area contributed by atoms with Crippen LogP contribution in [-0.2, 0) is 19.1 Å². The van der Waals surface area contributed by atoms with Crippen molar-refractivity contribution >= 4 is 17.7 Å². The first-order chi connectivity index (χ1) is 20.0. The third kappa shape index (κ3) is 5.52. The number of nitrogens with zero attached hydrogens (tertiary/aromatic N) is 3. The van der Waals surface area contributed by atoms with Crippen LogP contribution in [0.4, 0.5) is 17.6 Å². The highest BCUT2D eigenvalue weighted by Crippen LogP contribution is 2.47. The summed E-state index contributed by atoms with van der Waals surface area (Å²) < 4.78 is 63.6.